The minimum atomic E-state index is -0.209. The predicted molar refractivity (Wildman–Crippen MR) is 172 cm³/mol. The number of hydrogen-bond acceptors (Lipinski definition) is 6. The average molecular weight is 605 g/mol. The molecule has 0 unspecified atom stereocenters. The third kappa shape index (κ3) is 7.52. The van der Waals surface area contributed by atoms with E-state index >= 15 is 0 Å². The summed E-state index contributed by atoms with van der Waals surface area (Å²) < 4.78 is 7.99. The molecule has 45 heavy (non-hydrogen) atoms. The van der Waals surface area contributed by atoms with Crippen molar-refractivity contribution in [3.63, 3.8) is 0 Å². The van der Waals surface area contributed by atoms with Crippen molar-refractivity contribution in [2.75, 3.05) is 31.1 Å². The minimum absolute atomic E-state index is 0.00457. The van der Waals surface area contributed by atoms with Gasteiger partial charge in [0.15, 0.2) is 5.76 Å². The maximum absolute atomic E-state index is 14.0. The van der Waals surface area contributed by atoms with Crippen LogP contribution >= 0.6 is 0 Å². The second kappa shape index (κ2) is 14.4. The molecule has 0 radical (unpaired) electrons. The quantitative estimate of drug-likeness (QED) is 0.225. The number of anilines is 1. The van der Waals surface area contributed by atoms with Gasteiger partial charge in [0.1, 0.15) is 5.76 Å². The van der Waals surface area contributed by atoms with Crippen molar-refractivity contribution in [1.29, 1.82) is 5.26 Å². The van der Waals surface area contributed by atoms with Gasteiger partial charge < -0.3 is 24.1 Å². The van der Waals surface area contributed by atoms with Crippen LogP contribution in [0.1, 0.15) is 72.3 Å². The van der Waals surface area contributed by atoms with Crippen molar-refractivity contribution in [3.05, 3.63) is 95.8 Å². The Morgan fingerprint density at radius 1 is 0.956 bits per heavy atom. The van der Waals surface area contributed by atoms with Crippen LogP contribution in [0.3, 0.4) is 0 Å². The molecule has 1 saturated carbocycles. The molecule has 1 saturated heterocycles. The van der Waals surface area contributed by atoms with Crippen LogP contribution < -0.4 is 10.2 Å². The zero-order chi connectivity index (χ0) is 31.0. The predicted octanol–water partition coefficient (Wildman–Crippen LogP) is 6.00. The number of nitriles is 1. The van der Waals surface area contributed by atoms with Crippen LogP contribution in [0.15, 0.2) is 77.6 Å². The first kappa shape index (κ1) is 30.4. The summed E-state index contributed by atoms with van der Waals surface area (Å²) in [5, 5.41) is 12.1. The van der Waals surface area contributed by atoms with Gasteiger partial charge in [-0.2, -0.15) is 5.26 Å². The summed E-state index contributed by atoms with van der Waals surface area (Å²) in [5.74, 6) is 0.834. The highest BCUT2D eigenvalue weighted by atomic mass is 16.3. The van der Waals surface area contributed by atoms with E-state index in [9.17, 15) is 9.59 Å². The lowest BCUT2D eigenvalue weighted by Gasteiger charge is -2.30. The van der Waals surface area contributed by atoms with Gasteiger partial charge in [-0.25, -0.2) is 4.98 Å². The Bertz CT molecular complexity index is 1620. The summed E-state index contributed by atoms with van der Waals surface area (Å²) in [5.41, 5.74) is 4.26. The monoisotopic (exact) mass is 604 g/mol. The number of aromatic nitrogens is 2. The second-order valence-electron chi connectivity index (χ2n) is 12.1. The number of rotatable bonds is 11. The third-order valence-corrected chi connectivity index (χ3v) is 8.98. The molecule has 9 heteroatoms. The van der Waals surface area contributed by atoms with E-state index in [4.69, 9.17) is 9.68 Å². The van der Waals surface area contributed by atoms with Crippen LogP contribution in [0.5, 0.6) is 0 Å². The van der Waals surface area contributed by atoms with Crippen molar-refractivity contribution in [2.45, 2.75) is 58.0 Å². The molecule has 1 N–H and O–H groups in total. The lowest BCUT2D eigenvalue weighted by molar-refractivity contribution is -0.123. The van der Waals surface area contributed by atoms with E-state index in [1.54, 1.807) is 12.4 Å². The lowest BCUT2D eigenvalue weighted by atomic mass is 9.88. The molecule has 3 heterocycles. The highest BCUT2D eigenvalue weighted by Crippen LogP contribution is 2.31. The molecule has 0 bridgehead atoms. The normalized spacial score (nSPS) is 15.5. The molecule has 9 nitrogen and oxygen atoms in total. The molecular weight excluding hydrogens is 564 g/mol. The number of hydrogen-bond donors (Lipinski definition) is 1. The summed E-state index contributed by atoms with van der Waals surface area (Å²) in [6.45, 7) is 4.64. The number of carbonyl (C=O) groups is 2. The van der Waals surface area contributed by atoms with E-state index in [1.807, 2.05) is 65.7 Å². The summed E-state index contributed by atoms with van der Waals surface area (Å²) in [4.78, 5) is 35.3. The summed E-state index contributed by atoms with van der Waals surface area (Å²) in [7, 11) is 0. The number of benzene rings is 2. The molecule has 2 aromatic carbocycles. The Balaban J connectivity index is 1.16. The molecule has 2 aliphatic rings. The van der Waals surface area contributed by atoms with E-state index < -0.39 is 0 Å². The first-order chi connectivity index (χ1) is 22.1. The van der Waals surface area contributed by atoms with E-state index in [2.05, 4.69) is 25.8 Å². The summed E-state index contributed by atoms with van der Waals surface area (Å²) in [6.07, 6.45) is 11.2. The SMILES string of the molecule is N#Cc1ccc(Cn2cncc2CN(C(=O)C2CCCCC2)c2ccc(-c3ccc(C(=O)NCCN4CCCC4)o3)cc2)cc1. The fraction of sp³-hybridized carbons (Fsp3) is 0.389. The van der Waals surface area contributed by atoms with Gasteiger partial charge in [0.2, 0.25) is 5.91 Å². The largest absolute Gasteiger partial charge is 0.451 e. The minimum Gasteiger partial charge on any atom is -0.451 e. The maximum Gasteiger partial charge on any atom is 0.287 e. The fourth-order valence-corrected chi connectivity index (χ4v) is 6.37. The fourth-order valence-electron chi connectivity index (χ4n) is 6.37. The molecule has 6 rings (SSSR count). The Kier molecular flexibility index (Phi) is 9.71. The zero-order valence-corrected chi connectivity index (χ0v) is 25.7. The average Bonchev–Trinajstić information content (AvgIpc) is 3.88. The van der Waals surface area contributed by atoms with Crippen LogP contribution in [0.25, 0.3) is 11.3 Å². The van der Waals surface area contributed by atoms with Crippen molar-refractivity contribution in [1.82, 2.24) is 19.8 Å². The molecule has 2 amide bonds. The Labute approximate surface area is 264 Å². The molecule has 0 atom stereocenters. The van der Waals surface area contributed by atoms with Crippen LogP contribution in [0.4, 0.5) is 5.69 Å². The Hall–Kier alpha value is -4.68. The van der Waals surface area contributed by atoms with Crippen LogP contribution in [-0.4, -0.2) is 52.4 Å². The lowest BCUT2D eigenvalue weighted by Crippen LogP contribution is -2.37. The zero-order valence-electron chi connectivity index (χ0n) is 25.7. The first-order valence-electron chi connectivity index (χ1n) is 16.1. The number of imidazole rings is 1. The topological polar surface area (TPSA) is 107 Å². The number of likely N-dealkylation sites (tertiary alicyclic amines) is 1. The van der Waals surface area contributed by atoms with E-state index in [-0.39, 0.29) is 17.7 Å². The Morgan fingerprint density at radius 3 is 2.44 bits per heavy atom. The van der Waals surface area contributed by atoms with Crippen molar-refractivity contribution in [2.24, 2.45) is 5.92 Å². The number of amides is 2. The summed E-state index contributed by atoms with van der Waals surface area (Å²) in [6, 6.07) is 21.0. The maximum atomic E-state index is 14.0. The van der Waals surface area contributed by atoms with Crippen LogP contribution in [0.2, 0.25) is 0 Å². The number of nitrogens with one attached hydrogen (secondary N) is 1. The highest BCUT2D eigenvalue weighted by molar-refractivity contribution is 5.95. The number of nitrogens with zero attached hydrogens (tertiary/aromatic N) is 5. The van der Waals surface area contributed by atoms with Gasteiger partial charge in [-0.05, 0) is 92.9 Å². The standard InChI is InChI=1S/C36H40N6O3/c37-22-27-8-10-28(11-9-27)24-41-26-38-23-32(41)25-42(36(44)30-6-2-1-3-7-30)31-14-12-29(13-15-31)33-16-17-34(45-33)35(43)39-18-21-40-19-4-5-20-40/h8-17,23,26,30H,1-7,18-21,24-25H2,(H,39,43). The van der Waals surface area contributed by atoms with Crippen molar-refractivity contribution in [3.8, 4) is 17.4 Å². The van der Waals surface area contributed by atoms with Crippen LogP contribution in [-0.2, 0) is 17.9 Å². The smallest absolute Gasteiger partial charge is 0.287 e. The number of furan rings is 1. The second-order valence-corrected chi connectivity index (χ2v) is 12.1. The summed E-state index contributed by atoms with van der Waals surface area (Å²) >= 11 is 0. The Morgan fingerprint density at radius 2 is 1.71 bits per heavy atom. The van der Waals surface area contributed by atoms with Gasteiger partial charge in [-0.1, -0.05) is 31.4 Å². The van der Waals surface area contributed by atoms with Gasteiger partial charge in [-0.3, -0.25) is 9.59 Å². The molecule has 4 aromatic rings. The van der Waals surface area contributed by atoms with Gasteiger partial charge >= 0.3 is 0 Å². The molecular formula is C36H40N6O3. The molecule has 2 fully saturated rings. The highest BCUT2D eigenvalue weighted by Gasteiger charge is 2.28. The third-order valence-electron chi connectivity index (χ3n) is 8.98. The molecule has 1 aliphatic carbocycles. The number of carbonyl (C=O) groups excluding carboxylic acids is 2. The van der Waals surface area contributed by atoms with Gasteiger partial charge in [0.05, 0.1) is 30.2 Å². The molecule has 2 aromatic heterocycles. The van der Waals surface area contributed by atoms with E-state index in [1.165, 1.54) is 19.3 Å². The van der Waals surface area contributed by atoms with Crippen molar-refractivity contribution < 1.29 is 14.0 Å². The van der Waals surface area contributed by atoms with Gasteiger partial charge in [0, 0.05) is 43.0 Å². The molecule has 1 aliphatic heterocycles. The molecule has 232 valence electrons. The van der Waals surface area contributed by atoms with Gasteiger partial charge in [-0.15, -0.1) is 0 Å². The van der Waals surface area contributed by atoms with Crippen LogP contribution in [0, 0.1) is 17.2 Å². The van der Waals surface area contributed by atoms with Crippen molar-refractivity contribution >= 4 is 17.5 Å². The van der Waals surface area contributed by atoms with E-state index in [0.717, 1.165) is 67.8 Å². The molecule has 0 spiro atoms. The van der Waals surface area contributed by atoms with Gasteiger partial charge in [0.25, 0.3) is 5.91 Å². The van der Waals surface area contributed by atoms with E-state index in [0.29, 0.717) is 36.7 Å². The first-order valence-corrected chi connectivity index (χ1v) is 16.1.